The van der Waals surface area contributed by atoms with E-state index >= 15 is 0 Å². The Hall–Kier alpha value is -2.51. The van der Waals surface area contributed by atoms with Crippen molar-refractivity contribution in [1.82, 2.24) is 15.3 Å². The van der Waals surface area contributed by atoms with E-state index in [-0.39, 0.29) is 17.6 Å². The zero-order valence-corrected chi connectivity index (χ0v) is 15.9. The van der Waals surface area contributed by atoms with Crippen LogP contribution >= 0.6 is 11.3 Å². The van der Waals surface area contributed by atoms with Crippen molar-refractivity contribution in [3.63, 3.8) is 0 Å². The minimum Gasteiger partial charge on any atom is -0.376 e. The lowest BCUT2D eigenvalue weighted by Crippen LogP contribution is -2.31. The smallest absolute Gasteiger partial charge is 0.261 e. The van der Waals surface area contributed by atoms with Gasteiger partial charge < -0.3 is 15.0 Å². The summed E-state index contributed by atoms with van der Waals surface area (Å²) in [4.78, 5) is 33.7. The normalized spacial score (nSPS) is 16.7. The van der Waals surface area contributed by atoms with Crippen LogP contribution in [-0.2, 0) is 11.2 Å². The Bertz CT molecular complexity index is 1020. The van der Waals surface area contributed by atoms with E-state index in [1.54, 1.807) is 6.92 Å². The van der Waals surface area contributed by atoms with Gasteiger partial charge in [-0.2, -0.15) is 0 Å². The van der Waals surface area contributed by atoms with Crippen molar-refractivity contribution in [1.29, 1.82) is 0 Å². The summed E-state index contributed by atoms with van der Waals surface area (Å²) in [6.07, 6.45) is 2.63. The van der Waals surface area contributed by atoms with Gasteiger partial charge in [0, 0.05) is 19.6 Å². The summed E-state index contributed by atoms with van der Waals surface area (Å²) in [7, 11) is 0. The lowest BCUT2D eigenvalue weighted by molar-refractivity contribution is 0.0860. The number of aromatic nitrogens is 2. The Morgan fingerprint density at radius 2 is 2.19 bits per heavy atom. The van der Waals surface area contributed by atoms with Crippen LogP contribution in [0.15, 0.2) is 35.1 Å². The molecule has 1 fully saturated rings. The third kappa shape index (κ3) is 3.79. The fourth-order valence-corrected chi connectivity index (χ4v) is 4.49. The molecule has 4 rings (SSSR count). The minimum absolute atomic E-state index is 0.0858. The second kappa shape index (κ2) is 7.62. The predicted molar refractivity (Wildman–Crippen MR) is 106 cm³/mol. The lowest BCUT2D eigenvalue weighted by Gasteiger charge is -2.10. The van der Waals surface area contributed by atoms with Crippen LogP contribution in [0.4, 0.5) is 0 Å². The van der Waals surface area contributed by atoms with E-state index in [1.165, 1.54) is 11.3 Å². The molecule has 3 aromatic rings. The molecule has 3 heterocycles. The summed E-state index contributed by atoms with van der Waals surface area (Å²) >= 11 is 1.27. The molecular weight excluding hydrogens is 362 g/mol. The summed E-state index contributed by atoms with van der Waals surface area (Å²) in [6.45, 7) is 3.05. The number of aromatic amines is 1. The average molecular weight is 383 g/mol. The number of hydrogen-bond donors (Lipinski definition) is 2. The molecule has 2 aromatic heterocycles. The van der Waals surface area contributed by atoms with Crippen LogP contribution in [0.25, 0.3) is 10.2 Å². The molecule has 1 saturated heterocycles. The van der Waals surface area contributed by atoms with E-state index in [0.717, 1.165) is 25.0 Å². The number of rotatable bonds is 5. The molecule has 0 unspecified atom stereocenters. The molecule has 140 valence electrons. The van der Waals surface area contributed by atoms with E-state index in [9.17, 15) is 9.59 Å². The Kier molecular flexibility index (Phi) is 5.05. The van der Waals surface area contributed by atoms with Gasteiger partial charge in [0.05, 0.1) is 16.4 Å². The fourth-order valence-electron chi connectivity index (χ4n) is 3.37. The Morgan fingerprint density at radius 1 is 1.37 bits per heavy atom. The molecule has 1 aromatic carbocycles. The molecule has 27 heavy (non-hydrogen) atoms. The van der Waals surface area contributed by atoms with Gasteiger partial charge in [-0.05, 0) is 30.9 Å². The van der Waals surface area contributed by atoms with Crippen molar-refractivity contribution in [3.8, 4) is 0 Å². The molecular formula is C20H21N3O3S. The molecule has 0 radical (unpaired) electrons. The van der Waals surface area contributed by atoms with Crippen LogP contribution in [0.2, 0.25) is 0 Å². The van der Waals surface area contributed by atoms with Crippen LogP contribution in [0.5, 0.6) is 0 Å². The van der Waals surface area contributed by atoms with E-state index in [1.807, 2.05) is 30.3 Å². The number of H-pyrrole nitrogens is 1. The van der Waals surface area contributed by atoms with Crippen molar-refractivity contribution in [2.45, 2.75) is 32.3 Å². The highest BCUT2D eigenvalue weighted by molar-refractivity contribution is 7.20. The Morgan fingerprint density at radius 3 is 2.93 bits per heavy atom. The van der Waals surface area contributed by atoms with Gasteiger partial charge in [0.25, 0.3) is 11.5 Å². The molecule has 1 aliphatic rings. The zero-order valence-electron chi connectivity index (χ0n) is 15.1. The van der Waals surface area contributed by atoms with E-state index in [0.29, 0.717) is 39.4 Å². The molecule has 0 aliphatic carbocycles. The van der Waals surface area contributed by atoms with Gasteiger partial charge >= 0.3 is 0 Å². The Labute approximate surface area is 160 Å². The van der Waals surface area contributed by atoms with Crippen molar-refractivity contribution >= 4 is 27.5 Å². The maximum Gasteiger partial charge on any atom is 0.261 e. The standard InChI is InChI=1S/C20H21N3O3S/c1-12-16-18(24)22-15(10-13-6-3-2-4-7-13)23-20(16)27-17(12)19(25)21-11-14-8-5-9-26-14/h2-4,6-7,14H,5,8-11H2,1H3,(H,21,25)(H,22,23,24)/t14-/m0/s1. The topological polar surface area (TPSA) is 84.1 Å². The van der Waals surface area contributed by atoms with E-state index < -0.39 is 0 Å². The van der Waals surface area contributed by atoms with Gasteiger partial charge in [-0.25, -0.2) is 4.98 Å². The first-order valence-corrected chi connectivity index (χ1v) is 9.89. The summed E-state index contributed by atoms with van der Waals surface area (Å²) in [6, 6.07) is 9.85. The van der Waals surface area contributed by atoms with Crippen molar-refractivity contribution < 1.29 is 9.53 Å². The molecule has 1 atom stereocenters. The number of amides is 1. The van der Waals surface area contributed by atoms with Gasteiger partial charge in [0.15, 0.2) is 0 Å². The minimum atomic E-state index is -0.196. The first-order chi connectivity index (χ1) is 13.1. The SMILES string of the molecule is Cc1c(C(=O)NC[C@@H]2CCCO2)sc2nc(Cc3ccccc3)[nH]c(=O)c12. The van der Waals surface area contributed by atoms with E-state index in [4.69, 9.17) is 4.74 Å². The second-order valence-electron chi connectivity index (χ2n) is 6.76. The molecule has 2 N–H and O–H groups in total. The summed E-state index contributed by atoms with van der Waals surface area (Å²) in [5, 5.41) is 3.42. The van der Waals surface area contributed by atoms with Crippen molar-refractivity contribution in [2.75, 3.05) is 13.2 Å². The van der Waals surface area contributed by atoms with Crippen molar-refractivity contribution in [3.05, 3.63) is 62.5 Å². The fraction of sp³-hybridized carbons (Fsp3) is 0.350. The maximum atomic E-state index is 12.6. The highest BCUT2D eigenvalue weighted by Gasteiger charge is 2.21. The number of aryl methyl sites for hydroxylation is 1. The number of fused-ring (bicyclic) bond motifs is 1. The highest BCUT2D eigenvalue weighted by Crippen LogP contribution is 2.27. The van der Waals surface area contributed by atoms with Crippen LogP contribution in [0.3, 0.4) is 0 Å². The first kappa shape index (κ1) is 17.9. The number of carbonyl (C=O) groups is 1. The van der Waals surface area contributed by atoms with Gasteiger partial charge in [-0.3, -0.25) is 9.59 Å². The van der Waals surface area contributed by atoms with Crippen LogP contribution in [-0.4, -0.2) is 35.1 Å². The number of nitrogens with zero attached hydrogens (tertiary/aromatic N) is 1. The van der Waals surface area contributed by atoms with Gasteiger partial charge in [0.1, 0.15) is 10.7 Å². The van der Waals surface area contributed by atoms with E-state index in [2.05, 4.69) is 15.3 Å². The molecule has 1 amide bonds. The van der Waals surface area contributed by atoms with Crippen LogP contribution in [0.1, 0.15) is 39.5 Å². The summed E-state index contributed by atoms with van der Waals surface area (Å²) in [5.74, 6) is 0.432. The molecule has 0 saturated carbocycles. The molecule has 0 spiro atoms. The lowest BCUT2D eigenvalue weighted by atomic mass is 10.1. The monoisotopic (exact) mass is 383 g/mol. The summed E-state index contributed by atoms with van der Waals surface area (Å²) < 4.78 is 5.54. The highest BCUT2D eigenvalue weighted by atomic mass is 32.1. The van der Waals surface area contributed by atoms with Crippen molar-refractivity contribution in [2.24, 2.45) is 0 Å². The number of nitrogens with one attached hydrogen (secondary N) is 2. The van der Waals surface area contributed by atoms with Gasteiger partial charge in [0.2, 0.25) is 0 Å². The second-order valence-corrected chi connectivity index (χ2v) is 7.76. The third-order valence-electron chi connectivity index (χ3n) is 4.78. The largest absolute Gasteiger partial charge is 0.376 e. The summed E-state index contributed by atoms with van der Waals surface area (Å²) in [5.41, 5.74) is 1.56. The van der Waals surface area contributed by atoms with Gasteiger partial charge in [-0.15, -0.1) is 11.3 Å². The third-order valence-corrected chi connectivity index (χ3v) is 5.97. The molecule has 6 nitrogen and oxygen atoms in total. The molecule has 1 aliphatic heterocycles. The number of thiophene rings is 1. The number of hydrogen-bond acceptors (Lipinski definition) is 5. The number of carbonyl (C=O) groups excluding carboxylic acids is 1. The first-order valence-electron chi connectivity index (χ1n) is 9.08. The maximum absolute atomic E-state index is 12.6. The zero-order chi connectivity index (χ0) is 18.8. The Balaban J connectivity index is 1.59. The number of ether oxygens (including phenoxy) is 1. The average Bonchev–Trinajstić information content (AvgIpc) is 3.29. The molecule has 7 heteroatoms. The van der Waals surface area contributed by atoms with Crippen LogP contribution in [0, 0.1) is 6.92 Å². The van der Waals surface area contributed by atoms with Gasteiger partial charge in [-0.1, -0.05) is 30.3 Å². The molecule has 0 bridgehead atoms. The quantitative estimate of drug-likeness (QED) is 0.710. The number of benzene rings is 1. The van der Waals surface area contributed by atoms with Crippen LogP contribution < -0.4 is 10.9 Å². The predicted octanol–water partition coefficient (Wildman–Crippen LogP) is 2.79.